The third-order valence-electron chi connectivity index (χ3n) is 17.9. The molecule has 0 saturated heterocycles. The van der Waals surface area contributed by atoms with Gasteiger partial charge in [0.25, 0.3) is 0 Å². The second-order valence-electron chi connectivity index (χ2n) is 25.0. The van der Waals surface area contributed by atoms with Gasteiger partial charge in [-0.05, 0) is 148 Å². The predicted octanol–water partition coefficient (Wildman–Crippen LogP) is 20.8. The molecule has 0 radical (unpaired) electrons. The first kappa shape index (κ1) is 67.3. The van der Waals surface area contributed by atoms with E-state index in [4.69, 9.17) is 0 Å². The molecule has 13 heteroatoms. The number of hydrogen-bond acceptors (Lipinski definition) is 10. The van der Waals surface area contributed by atoms with Crippen molar-refractivity contribution < 1.29 is 0 Å². The Kier molecular flexibility index (Phi) is 27.2. The van der Waals surface area contributed by atoms with Crippen molar-refractivity contribution in [3.8, 4) is 50.8 Å². The van der Waals surface area contributed by atoms with Gasteiger partial charge in [-0.1, -0.05) is 209 Å². The number of benzene rings is 6. The first-order chi connectivity index (χ1) is 44.9. The van der Waals surface area contributed by atoms with E-state index in [1.807, 2.05) is 32.6 Å². The summed E-state index contributed by atoms with van der Waals surface area (Å²) in [5, 5.41) is 27.9. The SMILES string of the molecule is CCCCCCN(CCCCCC)c1ccc(-n2cc(-c3ccc(N(c4ccc(-c5cn(-c6ccc(N(CCCCCC)CCCCCC)cc6)nn5)cc4)c4ccc(-c5cn(-c6ccc(N(CCCCCC)CCCCCC)cc6)nn5)cc4)cc3)nn2)cc1. The molecule has 3 heterocycles. The standard InChI is InChI=1S/C78H105N13/c1-7-13-19-25-55-85(56-26-20-14-8-2)67-43-49-70(50-44-67)88-61-76(79-82-88)64-31-37-73(38-32-64)91(74-39-33-65(34-40-74)77-62-89(83-80-77)71-51-45-68(46-52-71)86(57-27-21-15-9-3)58-28-22-16-10-4)75-41-35-66(36-42-75)78-63-90(84-81-78)72-53-47-69(48-54-72)87(59-29-23-17-11-5)60-30-24-18-12-6/h31-54,61-63H,7-30,55-60H2,1-6H3. The maximum Gasteiger partial charge on any atom is 0.113 e. The van der Waals surface area contributed by atoms with Crippen LogP contribution in [0, 0.1) is 0 Å². The van der Waals surface area contributed by atoms with Crippen LogP contribution in [0.1, 0.15) is 196 Å². The van der Waals surface area contributed by atoms with Crippen molar-refractivity contribution in [3.05, 3.63) is 164 Å². The molecule has 0 saturated carbocycles. The summed E-state index contributed by atoms with van der Waals surface area (Å²) in [5.41, 5.74) is 15.2. The van der Waals surface area contributed by atoms with Gasteiger partial charge in [-0.2, -0.15) is 0 Å². The number of rotatable bonds is 42. The topological polar surface area (TPSA) is 105 Å². The zero-order valence-electron chi connectivity index (χ0n) is 56.1. The molecule has 9 rings (SSSR count). The van der Waals surface area contributed by atoms with Gasteiger partial charge < -0.3 is 19.6 Å². The maximum atomic E-state index is 4.69. The molecule has 91 heavy (non-hydrogen) atoms. The summed E-state index contributed by atoms with van der Waals surface area (Å²) in [4.78, 5) is 10.0. The van der Waals surface area contributed by atoms with Gasteiger partial charge >= 0.3 is 0 Å². The second kappa shape index (κ2) is 36.7. The van der Waals surface area contributed by atoms with Gasteiger partial charge in [-0.3, -0.25) is 0 Å². The van der Waals surface area contributed by atoms with Crippen LogP contribution in [-0.4, -0.2) is 84.3 Å². The van der Waals surface area contributed by atoms with Crippen LogP contribution in [0.2, 0.25) is 0 Å². The average molecular weight is 1220 g/mol. The van der Waals surface area contributed by atoms with Crippen LogP contribution in [0.4, 0.5) is 34.1 Å². The Labute approximate surface area is 545 Å². The lowest BCUT2D eigenvalue weighted by molar-refractivity contribution is 0.609. The molecular weight excluding hydrogens is 1120 g/mol. The smallest absolute Gasteiger partial charge is 0.113 e. The summed E-state index contributed by atoms with van der Waals surface area (Å²) < 4.78 is 5.66. The van der Waals surface area contributed by atoms with Gasteiger partial charge in [-0.25, -0.2) is 14.0 Å². The Morgan fingerprint density at radius 3 is 0.659 bits per heavy atom. The summed E-state index contributed by atoms with van der Waals surface area (Å²) in [6.45, 7) is 20.3. The molecular formula is C78H105N13. The summed E-state index contributed by atoms with van der Waals surface area (Å²) in [6, 6.07) is 52.5. The van der Waals surface area contributed by atoms with Crippen LogP contribution in [-0.2, 0) is 0 Å². The van der Waals surface area contributed by atoms with Gasteiger partial charge in [0, 0.05) is 90.1 Å². The lowest BCUT2D eigenvalue weighted by Gasteiger charge is -2.26. The lowest BCUT2D eigenvalue weighted by Crippen LogP contribution is -2.25. The number of hydrogen-bond donors (Lipinski definition) is 0. The van der Waals surface area contributed by atoms with Gasteiger partial charge in [0.05, 0.1) is 35.7 Å². The third-order valence-corrected chi connectivity index (χ3v) is 17.9. The highest BCUT2D eigenvalue weighted by Crippen LogP contribution is 2.38. The zero-order chi connectivity index (χ0) is 63.2. The minimum Gasteiger partial charge on any atom is -0.372 e. The van der Waals surface area contributed by atoms with Crippen LogP contribution in [0.15, 0.2) is 164 Å². The maximum absolute atomic E-state index is 4.69. The molecule has 0 N–H and O–H groups in total. The summed E-state index contributed by atoms with van der Waals surface area (Å²) >= 11 is 0. The van der Waals surface area contributed by atoms with Crippen LogP contribution >= 0.6 is 0 Å². The van der Waals surface area contributed by atoms with Crippen molar-refractivity contribution >= 4 is 34.1 Å². The monoisotopic (exact) mass is 1220 g/mol. The fraction of sp³-hybridized carbons (Fsp3) is 0.462. The van der Waals surface area contributed by atoms with E-state index in [1.165, 1.54) is 171 Å². The Bertz CT molecular complexity index is 3020. The molecule has 0 amide bonds. The first-order valence-electron chi connectivity index (χ1n) is 35.3. The molecule has 482 valence electrons. The van der Waals surface area contributed by atoms with Crippen molar-refractivity contribution in [2.45, 2.75) is 196 Å². The molecule has 9 aromatic rings. The largest absolute Gasteiger partial charge is 0.372 e. The first-order valence-corrected chi connectivity index (χ1v) is 35.3. The van der Waals surface area contributed by atoms with E-state index < -0.39 is 0 Å². The van der Waals surface area contributed by atoms with Gasteiger partial charge in [0.1, 0.15) is 17.1 Å². The van der Waals surface area contributed by atoms with Crippen molar-refractivity contribution in [2.24, 2.45) is 0 Å². The average Bonchev–Trinajstić information content (AvgIpc) is 2.65. The van der Waals surface area contributed by atoms with Gasteiger partial charge in [0.2, 0.25) is 0 Å². The Hall–Kier alpha value is -8.06. The van der Waals surface area contributed by atoms with E-state index in [2.05, 4.69) is 238 Å². The fourth-order valence-electron chi connectivity index (χ4n) is 12.3. The van der Waals surface area contributed by atoms with E-state index in [9.17, 15) is 0 Å². The minimum absolute atomic E-state index is 0.813. The predicted molar refractivity (Wildman–Crippen MR) is 384 cm³/mol. The number of aromatic nitrogens is 9. The quantitative estimate of drug-likeness (QED) is 0.0344. The van der Waals surface area contributed by atoms with Crippen molar-refractivity contribution in [3.63, 3.8) is 0 Å². The number of unbranched alkanes of at least 4 members (excludes halogenated alkanes) is 18. The van der Waals surface area contributed by atoms with Crippen LogP contribution < -0.4 is 19.6 Å². The van der Waals surface area contributed by atoms with E-state index in [0.717, 1.165) is 107 Å². The van der Waals surface area contributed by atoms with Crippen LogP contribution in [0.25, 0.3) is 50.8 Å². The van der Waals surface area contributed by atoms with Gasteiger partial charge in [-0.15, -0.1) is 15.3 Å². The molecule has 0 unspecified atom stereocenters. The molecule has 0 atom stereocenters. The number of nitrogens with zero attached hydrogens (tertiary/aromatic N) is 13. The Morgan fingerprint density at radius 1 is 0.242 bits per heavy atom. The molecule has 13 nitrogen and oxygen atoms in total. The minimum atomic E-state index is 0.813. The molecule has 6 aromatic carbocycles. The highest BCUT2D eigenvalue weighted by atomic mass is 15.4. The van der Waals surface area contributed by atoms with Crippen molar-refractivity contribution in [1.29, 1.82) is 0 Å². The molecule has 0 fully saturated rings. The van der Waals surface area contributed by atoms with Crippen molar-refractivity contribution in [2.75, 3.05) is 58.9 Å². The molecule has 0 bridgehead atoms. The lowest BCUT2D eigenvalue weighted by atomic mass is 10.1. The summed E-state index contributed by atoms with van der Waals surface area (Å²) in [7, 11) is 0. The van der Waals surface area contributed by atoms with Crippen LogP contribution in [0.3, 0.4) is 0 Å². The molecule has 0 aliphatic carbocycles. The second-order valence-corrected chi connectivity index (χ2v) is 25.0. The molecule has 0 spiro atoms. The Balaban J connectivity index is 0.938. The molecule has 3 aromatic heterocycles. The highest BCUT2D eigenvalue weighted by Gasteiger charge is 2.18. The van der Waals surface area contributed by atoms with Gasteiger partial charge in [0.15, 0.2) is 0 Å². The van der Waals surface area contributed by atoms with Crippen molar-refractivity contribution in [1.82, 2.24) is 45.0 Å². The van der Waals surface area contributed by atoms with E-state index in [0.29, 0.717) is 0 Å². The van der Waals surface area contributed by atoms with E-state index >= 15 is 0 Å². The Morgan fingerprint density at radius 2 is 0.451 bits per heavy atom. The fourth-order valence-corrected chi connectivity index (χ4v) is 12.3. The summed E-state index contributed by atoms with van der Waals surface area (Å²) in [6.07, 6.45) is 36.4. The van der Waals surface area contributed by atoms with E-state index in [-0.39, 0.29) is 0 Å². The number of anilines is 6. The van der Waals surface area contributed by atoms with Crippen LogP contribution in [0.5, 0.6) is 0 Å². The highest BCUT2D eigenvalue weighted by molar-refractivity contribution is 5.80. The normalized spacial score (nSPS) is 11.4. The van der Waals surface area contributed by atoms with E-state index in [1.54, 1.807) is 0 Å². The molecule has 0 aliphatic heterocycles. The third kappa shape index (κ3) is 19.7. The molecule has 0 aliphatic rings. The summed E-state index contributed by atoms with van der Waals surface area (Å²) in [5.74, 6) is 0. The zero-order valence-corrected chi connectivity index (χ0v) is 56.1.